The summed E-state index contributed by atoms with van der Waals surface area (Å²) in [6, 6.07) is 1.55. The van der Waals surface area contributed by atoms with Crippen LogP contribution in [0.3, 0.4) is 0 Å². The predicted molar refractivity (Wildman–Crippen MR) is 71.4 cm³/mol. The predicted octanol–water partition coefficient (Wildman–Crippen LogP) is 0.383. The van der Waals surface area contributed by atoms with E-state index in [1.165, 1.54) is 23.9 Å². The Hall–Kier alpha value is -2.70. The first-order valence-corrected chi connectivity index (χ1v) is 5.53. The van der Waals surface area contributed by atoms with Crippen molar-refractivity contribution < 1.29 is 4.79 Å². The highest BCUT2D eigenvalue weighted by atomic mass is 16.1. The largest absolute Gasteiger partial charge is 0.398 e. The van der Waals surface area contributed by atoms with Gasteiger partial charge < -0.3 is 15.6 Å². The highest BCUT2D eigenvalue weighted by molar-refractivity contribution is 5.89. The van der Waals surface area contributed by atoms with Crippen LogP contribution in [0.5, 0.6) is 0 Å². The van der Waals surface area contributed by atoms with Gasteiger partial charge in [0.25, 0.3) is 5.56 Å². The second-order valence-corrected chi connectivity index (χ2v) is 4.06. The van der Waals surface area contributed by atoms with Gasteiger partial charge in [0.2, 0.25) is 5.91 Å². The average molecular weight is 259 g/mol. The number of carbonyl (C=O) groups excluding carboxylic acids is 1. The van der Waals surface area contributed by atoms with Crippen molar-refractivity contribution in [1.82, 2.24) is 14.5 Å². The van der Waals surface area contributed by atoms with Crippen molar-refractivity contribution in [2.24, 2.45) is 7.05 Å². The fraction of sp³-hybridized carbons (Fsp3) is 0.167. The lowest BCUT2D eigenvalue weighted by atomic mass is 10.2. The van der Waals surface area contributed by atoms with Gasteiger partial charge in [0.05, 0.1) is 11.9 Å². The first-order chi connectivity index (χ1) is 8.97. The van der Waals surface area contributed by atoms with Gasteiger partial charge in [0.1, 0.15) is 5.82 Å². The lowest BCUT2D eigenvalue weighted by Gasteiger charge is -2.08. The molecule has 0 saturated carbocycles. The van der Waals surface area contributed by atoms with Gasteiger partial charge in [-0.1, -0.05) is 0 Å². The van der Waals surface area contributed by atoms with Gasteiger partial charge in [0.15, 0.2) is 0 Å². The second kappa shape index (κ2) is 4.89. The molecule has 3 N–H and O–H groups in total. The number of nitrogen functional groups attached to an aromatic ring is 1. The molecule has 2 rings (SSSR count). The van der Waals surface area contributed by atoms with E-state index in [4.69, 9.17) is 5.73 Å². The molecule has 7 heteroatoms. The Bertz CT molecular complexity index is 693. The first kappa shape index (κ1) is 12.7. The number of aromatic nitrogens is 3. The molecule has 1 amide bonds. The van der Waals surface area contributed by atoms with Crippen LogP contribution < -0.4 is 16.6 Å². The van der Waals surface area contributed by atoms with E-state index in [9.17, 15) is 9.59 Å². The van der Waals surface area contributed by atoms with Crippen LogP contribution in [0.1, 0.15) is 6.92 Å². The van der Waals surface area contributed by atoms with Crippen LogP contribution in [0.15, 0.2) is 29.5 Å². The first-order valence-electron chi connectivity index (χ1n) is 5.53. The summed E-state index contributed by atoms with van der Waals surface area (Å²) in [5.74, 6) is 0.151. The van der Waals surface area contributed by atoms with Crippen molar-refractivity contribution in [3.8, 4) is 11.3 Å². The molecule has 2 aromatic rings. The van der Waals surface area contributed by atoms with Gasteiger partial charge in [-0.2, -0.15) is 0 Å². The third-order valence-corrected chi connectivity index (χ3v) is 2.49. The monoisotopic (exact) mass is 259 g/mol. The molecule has 0 unspecified atom stereocenters. The summed E-state index contributed by atoms with van der Waals surface area (Å²) in [5.41, 5.74) is 7.26. The molecule has 0 atom stereocenters. The van der Waals surface area contributed by atoms with Crippen LogP contribution in [0.4, 0.5) is 11.5 Å². The average Bonchev–Trinajstić information content (AvgIpc) is 2.32. The molecular weight excluding hydrogens is 246 g/mol. The van der Waals surface area contributed by atoms with Crippen molar-refractivity contribution in [1.29, 1.82) is 0 Å². The number of anilines is 2. The lowest BCUT2D eigenvalue weighted by molar-refractivity contribution is -0.114. The number of hydrogen-bond donors (Lipinski definition) is 2. The number of nitrogens with two attached hydrogens (primary N) is 1. The summed E-state index contributed by atoms with van der Waals surface area (Å²) < 4.78 is 1.41. The van der Waals surface area contributed by atoms with E-state index >= 15 is 0 Å². The van der Waals surface area contributed by atoms with Gasteiger partial charge in [-0.15, -0.1) is 0 Å². The minimum absolute atomic E-state index is 0.204. The van der Waals surface area contributed by atoms with Gasteiger partial charge in [-0.3, -0.25) is 9.59 Å². The van der Waals surface area contributed by atoms with E-state index in [-0.39, 0.29) is 11.5 Å². The molecule has 2 heterocycles. The molecule has 7 nitrogen and oxygen atoms in total. The number of nitrogens with zero attached hydrogens (tertiary/aromatic N) is 3. The van der Waals surface area contributed by atoms with Gasteiger partial charge >= 0.3 is 0 Å². The topological polar surface area (TPSA) is 103 Å². The number of pyridine rings is 1. The molecule has 0 fully saturated rings. The molecule has 0 aliphatic rings. The van der Waals surface area contributed by atoms with Crippen molar-refractivity contribution in [3.05, 3.63) is 35.0 Å². The summed E-state index contributed by atoms with van der Waals surface area (Å²) in [4.78, 5) is 30.3. The number of nitrogens with one attached hydrogen (secondary N) is 1. The van der Waals surface area contributed by atoms with E-state index < -0.39 is 0 Å². The van der Waals surface area contributed by atoms with E-state index in [2.05, 4.69) is 15.3 Å². The standard InChI is InChI=1S/C12H13N5O2/c1-7(18)16-11-3-9(13)8(4-15-11)10-6-17(2)12(19)5-14-10/h3-6H,1-2H3,(H3,13,15,16,18). The molecule has 19 heavy (non-hydrogen) atoms. The van der Waals surface area contributed by atoms with E-state index in [0.29, 0.717) is 22.8 Å². The maximum atomic E-state index is 11.3. The summed E-state index contributed by atoms with van der Waals surface area (Å²) >= 11 is 0. The molecule has 0 aliphatic heterocycles. The smallest absolute Gasteiger partial charge is 0.268 e. The third kappa shape index (κ3) is 2.76. The second-order valence-electron chi connectivity index (χ2n) is 4.06. The fourth-order valence-corrected chi connectivity index (χ4v) is 1.57. The zero-order valence-electron chi connectivity index (χ0n) is 10.5. The Balaban J connectivity index is 2.42. The Labute approximate surface area is 109 Å². The minimum atomic E-state index is -0.222. The summed E-state index contributed by atoms with van der Waals surface area (Å²) in [6.07, 6.45) is 4.30. The maximum Gasteiger partial charge on any atom is 0.268 e. The van der Waals surface area contributed by atoms with Crippen molar-refractivity contribution in [2.45, 2.75) is 6.92 Å². The molecule has 0 spiro atoms. The van der Waals surface area contributed by atoms with Crippen LogP contribution in [-0.4, -0.2) is 20.4 Å². The molecule has 98 valence electrons. The zero-order valence-corrected chi connectivity index (χ0v) is 10.5. The number of aryl methyl sites for hydroxylation is 1. The minimum Gasteiger partial charge on any atom is -0.398 e. The summed E-state index contributed by atoms with van der Waals surface area (Å²) in [5, 5.41) is 2.54. The van der Waals surface area contributed by atoms with Gasteiger partial charge in [0, 0.05) is 43.7 Å². The SMILES string of the molecule is CC(=O)Nc1cc(N)c(-c2cn(C)c(=O)cn2)cn1. The molecule has 0 radical (unpaired) electrons. The number of rotatable bonds is 2. The summed E-state index contributed by atoms with van der Waals surface area (Å²) in [7, 11) is 1.63. The van der Waals surface area contributed by atoms with Crippen LogP contribution in [0, 0.1) is 0 Å². The van der Waals surface area contributed by atoms with E-state index in [0.717, 1.165) is 0 Å². The summed E-state index contributed by atoms with van der Waals surface area (Å²) in [6.45, 7) is 1.39. The lowest BCUT2D eigenvalue weighted by Crippen LogP contribution is -2.16. The quantitative estimate of drug-likeness (QED) is 0.811. The van der Waals surface area contributed by atoms with Gasteiger partial charge in [-0.05, 0) is 0 Å². The van der Waals surface area contributed by atoms with Crippen LogP contribution in [0.2, 0.25) is 0 Å². The highest BCUT2D eigenvalue weighted by Crippen LogP contribution is 2.24. The maximum absolute atomic E-state index is 11.3. The van der Waals surface area contributed by atoms with Crippen molar-refractivity contribution >= 4 is 17.4 Å². The van der Waals surface area contributed by atoms with Crippen LogP contribution >= 0.6 is 0 Å². The molecular formula is C12H13N5O2. The third-order valence-electron chi connectivity index (χ3n) is 2.49. The van der Waals surface area contributed by atoms with E-state index in [1.807, 2.05) is 0 Å². The van der Waals surface area contributed by atoms with Crippen LogP contribution in [-0.2, 0) is 11.8 Å². The number of carbonyl (C=O) groups is 1. The fourth-order valence-electron chi connectivity index (χ4n) is 1.57. The highest BCUT2D eigenvalue weighted by Gasteiger charge is 2.08. The number of amides is 1. The van der Waals surface area contributed by atoms with Crippen LogP contribution in [0.25, 0.3) is 11.3 Å². The Morgan fingerprint density at radius 3 is 2.68 bits per heavy atom. The Kier molecular flexibility index (Phi) is 3.28. The van der Waals surface area contributed by atoms with Gasteiger partial charge in [-0.25, -0.2) is 9.97 Å². The molecule has 0 saturated heterocycles. The molecule has 2 aromatic heterocycles. The molecule has 0 aliphatic carbocycles. The number of hydrogen-bond acceptors (Lipinski definition) is 5. The molecule has 0 aromatic carbocycles. The van der Waals surface area contributed by atoms with Crippen molar-refractivity contribution in [2.75, 3.05) is 11.1 Å². The normalized spacial score (nSPS) is 10.2. The van der Waals surface area contributed by atoms with E-state index in [1.54, 1.807) is 19.3 Å². The Morgan fingerprint density at radius 1 is 1.37 bits per heavy atom. The zero-order chi connectivity index (χ0) is 14.0. The molecule has 0 bridgehead atoms. The Morgan fingerprint density at radius 2 is 2.11 bits per heavy atom. The van der Waals surface area contributed by atoms with Crippen molar-refractivity contribution in [3.63, 3.8) is 0 Å².